The minimum absolute atomic E-state index is 0.123. The maximum Gasteiger partial charge on any atom is 0.414 e. The molecule has 3 aromatic heterocycles. The Morgan fingerprint density at radius 2 is 2.17 bits per heavy atom. The van der Waals surface area contributed by atoms with E-state index in [1.54, 1.807) is 35.2 Å². The number of ether oxygens (including phenoxy) is 2. The van der Waals surface area contributed by atoms with E-state index in [4.69, 9.17) is 9.47 Å². The lowest BCUT2D eigenvalue weighted by molar-refractivity contribution is 0.102. The third-order valence-corrected chi connectivity index (χ3v) is 4.64. The molecular formula is C20H15FN4O4. The average molecular weight is 394 g/mol. The van der Waals surface area contributed by atoms with Crippen molar-refractivity contribution in [3.05, 3.63) is 67.1 Å². The number of fused-ring (bicyclic) bond motifs is 1. The summed E-state index contributed by atoms with van der Waals surface area (Å²) < 4.78 is 31.9. The van der Waals surface area contributed by atoms with Gasteiger partial charge in [0.1, 0.15) is 18.7 Å². The molecule has 0 N–H and O–H groups in total. The fourth-order valence-corrected chi connectivity index (χ4v) is 3.25. The molecule has 1 amide bonds. The standard InChI is InChI=1S/C20H15FN4O4/c21-16-8-14(3-4-18(16)24-9-13-2-1-6-22-17(13)11-24)25-10-15(29-20(25)26)12-27-19-5-7-28-23-19/h1-9,11,15H,10,12H2. The van der Waals surface area contributed by atoms with Gasteiger partial charge in [0.25, 0.3) is 5.88 Å². The van der Waals surface area contributed by atoms with E-state index in [-0.39, 0.29) is 13.2 Å². The first-order chi connectivity index (χ1) is 14.2. The maximum absolute atomic E-state index is 14.8. The Bertz CT molecular complexity index is 1140. The Morgan fingerprint density at radius 1 is 1.24 bits per heavy atom. The maximum atomic E-state index is 14.8. The van der Waals surface area contributed by atoms with Gasteiger partial charge in [0.05, 0.1) is 23.4 Å². The van der Waals surface area contributed by atoms with Crippen molar-refractivity contribution in [3.8, 4) is 11.6 Å². The smallest absolute Gasteiger partial charge is 0.414 e. The van der Waals surface area contributed by atoms with Crippen LogP contribution < -0.4 is 9.64 Å². The molecule has 4 aromatic rings. The summed E-state index contributed by atoms with van der Waals surface area (Å²) >= 11 is 0. The number of rotatable bonds is 5. The second-order valence-corrected chi connectivity index (χ2v) is 6.54. The summed E-state index contributed by atoms with van der Waals surface area (Å²) in [4.78, 5) is 17.8. The number of carbonyl (C=O) groups excluding carboxylic acids is 1. The topological polar surface area (TPSA) is 82.6 Å². The van der Waals surface area contributed by atoms with Crippen molar-refractivity contribution in [1.82, 2.24) is 14.7 Å². The molecule has 9 heteroatoms. The lowest BCUT2D eigenvalue weighted by atomic mass is 10.2. The van der Waals surface area contributed by atoms with Crippen LogP contribution in [0, 0.1) is 5.82 Å². The monoisotopic (exact) mass is 394 g/mol. The Hall–Kier alpha value is -3.88. The van der Waals surface area contributed by atoms with Gasteiger partial charge in [0.2, 0.25) is 0 Å². The zero-order chi connectivity index (χ0) is 19.8. The van der Waals surface area contributed by atoms with E-state index < -0.39 is 18.0 Å². The molecular weight excluding hydrogens is 379 g/mol. The highest BCUT2D eigenvalue weighted by Gasteiger charge is 2.33. The molecule has 8 nitrogen and oxygen atoms in total. The van der Waals surface area contributed by atoms with Gasteiger partial charge in [-0.15, -0.1) is 0 Å². The zero-order valence-electron chi connectivity index (χ0n) is 15.1. The third-order valence-electron chi connectivity index (χ3n) is 4.64. The van der Waals surface area contributed by atoms with Crippen molar-refractivity contribution in [1.29, 1.82) is 0 Å². The Balaban J connectivity index is 1.33. The van der Waals surface area contributed by atoms with Crippen LogP contribution in [0.15, 0.2) is 65.8 Å². The first-order valence-corrected chi connectivity index (χ1v) is 8.91. The second-order valence-electron chi connectivity index (χ2n) is 6.54. The fourth-order valence-electron chi connectivity index (χ4n) is 3.25. The normalized spacial score (nSPS) is 16.4. The van der Waals surface area contributed by atoms with E-state index in [2.05, 4.69) is 14.7 Å². The molecule has 4 heterocycles. The molecule has 1 aliphatic rings. The second kappa shape index (κ2) is 6.93. The summed E-state index contributed by atoms with van der Waals surface area (Å²) in [5.74, 6) is -0.151. The van der Waals surface area contributed by atoms with Crippen LogP contribution >= 0.6 is 0 Å². The van der Waals surface area contributed by atoms with Crippen LogP contribution in [0.2, 0.25) is 0 Å². The molecule has 1 unspecified atom stereocenters. The lowest BCUT2D eigenvalue weighted by Crippen LogP contribution is -2.26. The highest BCUT2D eigenvalue weighted by Crippen LogP contribution is 2.27. The minimum Gasteiger partial charge on any atom is -0.471 e. The van der Waals surface area contributed by atoms with Crippen LogP contribution in [0.4, 0.5) is 14.9 Å². The number of anilines is 1. The molecule has 1 atom stereocenters. The summed E-state index contributed by atoms with van der Waals surface area (Å²) in [6, 6.07) is 9.91. The number of nitrogens with zero attached hydrogens (tertiary/aromatic N) is 4. The molecule has 0 aliphatic carbocycles. The van der Waals surface area contributed by atoms with Crippen LogP contribution in [0.25, 0.3) is 16.6 Å². The predicted molar refractivity (Wildman–Crippen MR) is 101 cm³/mol. The van der Waals surface area contributed by atoms with Crippen LogP contribution in [-0.4, -0.2) is 40.1 Å². The first kappa shape index (κ1) is 17.2. The number of benzene rings is 1. The van der Waals surface area contributed by atoms with Gasteiger partial charge >= 0.3 is 6.09 Å². The summed E-state index contributed by atoms with van der Waals surface area (Å²) in [7, 11) is 0. The summed E-state index contributed by atoms with van der Waals surface area (Å²) in [6.07, 6.45) is 5.59. The van der Waals surface area contributed by atoms with Gasteiger partial charge in [-0.05, 0) is 35.5 Å². The Labute approximate surface area is 164 Å². The minimum atomic E-state index is -0.554. The van der Waals surface area contributed by atoms with E-state index in [1.807, 2.05) is 18.3 Å². The largest absolute Gasteiger partial charge is 0.471 e. The Kier molecular flexibility index (Phi) is 4.12. The SMILES string of the molecule is O=C1OC(COc2ccon2)CN1c1ccc(-n2cc3cccnc3c2)c(F)c1. The lowest BCUT2D eigenvalue weighted by Gasteiger charge is -2.14. The first-order valence-electron chi connectivity index (χ1n) is 8.91. The van der Waals surface area contributed by atoms with Gasteiger partial charge in [-0.3, -0.25) is 9.88 Å². The van der Waals surface area contributed by atoms with Gasteiger partial charge < -0.3 is 18.6 Å². The number of aromatic nitrogens is 3. The highest BCUT2D eigenvalue weighted by atomic mass is 19.1. The van der Waals surface area contributed by atoms with Gasteiger partial charge in [0, 0.05) is 30.0 Å². The molecule has 0 bridgehead atoms. The molecule has 146 valence electrons. The zero-order valence-corrected chi connectivity index (χ0v) is 15.1. The van der Waals surface area contributed by atoms with Gasteiger partial charge in [-0.1, -0.05) is 0 Å². The van der Waals surface area contributed by atoms with E-state index in [0.29, 0.717) is 17.3 Å². The molecule has 29 heavy (non-hydrogen) atoms. The highest BCUT2D eigenvalue weighted by molar-refractivity contribution is 5.90. The number of hydrogen-bond donors (Lipinski definition) is 0. The summed E-state index contributed by atoms with van der Waals surface area (Å²) in [5.41, 5.74) is 1.55. The number of pyridine rings is 1. The van der Waals surface area contributed by atoms with Crippen molar-refractivity contribution >= 4 is 22.7 Å². The molecule has 0 saturated carbocycles. The van der Waals surface area contributed by atoms with E-state index in [0.717, 1.165) is 10.9 Å². The number of hydrogen-bond acceptors (Lipinski definition) is 6. The third kappa shape index (κ3) is 3.27. The molecule has 0 radical (unpaired) electrons. The number of cyclic esters (lactones) is 1. The average Bonchev–Trinajstić information content (AvgIpc) is 3.45. The van der Waals surface area contributed by atoms with Crippen molar-refractivity contribution in [3.63, 3.8) is 0 Å². The van der Waals surface area contributed by atoms with Crippen molar-refractivity contribution in [2.24, 2.45) is 0 Å². The fraction of sp³-hybridized carbons (Fsp3) is 0.150. The van der Waals surface area contributed by atoms with Crippen LogP contribution in [0.5, 0.6) is 5.88 Å². The summed E-state index contributed by atoms with van der Waals surface area (Å²) in [6.45, 7) is 0.366. The quantitative estimate of drug-likeness (QED) is 0.515. The Morgan fingerprint density at radius 3 is 2.97 bits per heavy atom. The van der Waals surface area contributed by atoms with Crippen molar-refractivity contribution in [2.75, 3.05) is 18.1 Å². The molecule has 1 aromatic carbocycles. The van der Waals surface area contributed by atoms with Gasteiger partial charge in [-0.2, -0.15) is 0 Å². The van der Waals surface area contributed by atoms with E-state index in [1.165, 1.54) is 17.2 Å². The van der Waals surface area contributed by atoms with Gasteiger partial charge in [0.15, 0.2) is 6.10 Å². The van der Waals surface area contributed by atoms with Gasteiger partial charge in [-0.25, -0.2) is 9.18 Å². The molecule has 0 spiro atoms. The molecule has 1 saturated heterocycles. The predicted octanol–water partition coefficient (Wildman–Crippen LogP) is 3.56. The molecule has 1 aliphatic heterocycles. The van der Waals surface area contributed by atoms with E-state index in [9.17, 15) is 9.18 Å². The van der Waals surface area contributed by atoms with Crippen LogP contribution in [0.3, 0.4) is 0 Å². The number of amides is 1. The summed E-state index contributed by atoms with van der Waals surface area (Å²) in [5, 5.41) is 4.54. The molecule has 5 rings (SSSR count). The van der Waals surface area contributed by atoms with Crippen LogP contribution in [-0.2, 0) is 4.74 Å². The number of halogens is 1. The molecule has 1 fully saturated rings. The van der Waals surface area contributed by atoms with E-state index >= 15 is 0 Å². The van der Waals surface area contributed by atoms with Crippen molar-refractivity contribution < 1.29 is 23.2 Å². The number of carbonyl (C=O) groups is 1. The van der Waals surface area contributed by atoms with Crippen LogP contribution in [0.1, 0.15) is 0 Å². The van der Waals surface area contributed by atoms with Crippen molar-refractivity contribution in [2.45, 2.75) is 6.10 Å².